The first kappa shape index (κ1) is 20.8. The molecular formula is C23H28N4O2S. The van der Waals surface area contributed by atoms with Gasteiger partial charge in [0, 0.05) is 19.6 Å². The van der Waals surface area contributed by atoms with Crippen LogP contribution >= 0.6 is 11.3 Å². The Morgan fingerprint density at radius 3 is 2.63 bits per heavy atom. The van der Waals surface area contributed by atoms with Crippen molar-refractivity contribution in [3.63, 3.8) is 0 Å². The van der Waals surface area contributed by atoms with Gasteiger partial charge >= 0.3 is 0 Å². The van der Waals surface area contributed by atoms with Crippen molar-refractivity contribution < 1.29 is 9.53 Å². The van der Waals surface area contributed by atoms with Crippen LogP contribution in [0.5, 0.6) is 0 Å². The molecule has 2 atom stereocenters. The summed E-state index contributed by atoms with van der Waals surface area (Å²) in [6, 6.07) is 15.9. The molecule has 1 aromatic heterocycles. The Labute approximate surface area is 181 Å². The number of hydrogen-bond acceptors (Lipinski definition) is 6. The lowest BCUT2D eigenvalue weighted by Gasteiger charge is -2.31. The molecule has 2 N–H and O–H groups in total. The summed E-state index contributed by atoms with van der Waals surface area (Å²) in [4.78, 5) is 19.9. The Balaban J connectivity index is 1.44. The van der Waals surface area contributed by atoms with Gasteiger partial charge in [0.15, 0.2) is 5.13 Å². The van der Waals surface area contributed by atoms with Crippen molar-refractivity contribution in [3.05, 3.63) is 59.7 Å². The van der Waals surface area contributed by atoms with Crippen molar-refractivity contribution >= 4 is 32.6 Å². The SMILES string of the molecule is Cc1ccc(C(CN2CCOCC2)NC(=O)C(C)Nc2nc3ccccc3s2)cc1. The van der Waals surface area contributed by atoms with Crippen molar-refractivity contribution in [2.45, 2.75) is 25.9 Å². The minimum absolute atomic E-state index is 0.0342. The normalized spacial score (nSPS) is 16.9. The Kier molecular flexibility index (Phi) is 6.62. The van der Waals surface area contributed by atoms with Crippen LogP contribution in [0.15, 0.2) is 48.5 Å². The Hall–Kier alpha value is -2.48. The van der Waals surface area contributed by atoms with Crippen LogP contribution in [0.3, 0.4) is 0 Å². The maximum Gasteiger partial charge on any atom is 0.242 e. The molecule has 1 amide bonds. The van der Waals surface area contributed by atoms with E-state index < -0.39 is 0 Å². The monoisotopic (exact) mass is 424 g/mol. The number of anilines is 1. The summed E-state index contributed by atoms with van der Waals surface area (Å²) in [6.07, 6.45) is 0. The van der Waals surface area contributed by atoms with E-state index >= 15 is 0 Å². The van der Waals surface area contributed by atoms with E-state index in [1.165, 1.54) is 5.56 Å². The number of amides is 1. The number of rotatable bonds is 7. The standard InChI is InChI=1S/C23H28N4O2S/c1-16-7-9-18(10-8-16)20(15-27-11-13-29-14-12-27)25-22(28)17(2)24-23-26-19-5-3-4-6-21(19)30-23/h3-10,17,20H,11-15H2,1-2H3,(H,24,26)(H,25,28). The second-order valence-corrected chi connectivity index (χ2v) is 8.77. The first-order chi connectivity index (χ1) is 14.6. The topological polar surface area (TPSA) is 66.5 Å². The van der Waals surface area contributed by atoms with E-state index in [0.29, 0.717) is 0 Å². The third-order valence-electron chi connectivity index (χ3n) is 5.37. The lowest BCUT2D eigenvalue weighted by Crippen LogP contribution is -2.46. The number of aryl methyl sites for hydroxylation is 1. The number of carbonyl (C=O) groups is 1. The first-order valence-corrected chi connectivity index (χ1v) is 11.2. The smallest absolute Gasteiger partial charge is 0.242 e. The predicted octanol–water partition coefficient (Wildman–Crippen LogP) is 3.59. The summed E-state index contributed by atoms with van der Waals surface area (Å²) < 4.78 is 6.58. The van der Waals surface area contributed by atoms with Gasteiger partial charge in [-0.15, -0.1) is 0 Å². The van der Waals surface area contributed by atoms with E-state index in [2.05, 4.69) is 51.7 Å². The van der Waals surface area contributed by atoms with E-state index in [-0.39, 0.29) is 18.0 Å². The Morgan fingerprint density at radius 1 is 1.17 bits per heavy atom. The second-order valence-electron chi connectivity index (χ2n) is 7.74. The molecule has 1 saturated heterocycles. The lowest BCUT2D eigenvalue weighted by molar-refractivity contribution is -0.122. The maximum absolute atomic E-state index is 13.0. The molecular weight excluding hydrogens is 396 g/mol. The molecule has 4 rings (SSSR count). The number of benzene rings is 2. The van der Waals surface area contributed by atoms with Gasteiger partial charge in [-0.2, -0.15) is 0 Å². The van der Waals surface area contributed by atoms with Gasteiger partial charge < -0.3 is 15.4 Å². The number of nitrogens with one attached hydrogen (secondary N) is 2. The number of para-hydroxylation sites is 1. The van der Waals surface area contributed by atoms with Crippen molar-refractivity contribution in [1.29, 1.82) is 0 Å². The van der Waals surface area contributed by atoms with Gasteiger partial charge in [-0.05, 0) is 31.5 Å². The van der Waals surface area contributed by atoms with Crippen molar-refractivity contribution in [2.24, 2.45) is 0 Å². The van der Waals surface area contributed by atoms with Gasteiger partial charge in [0.05, 0.1) is 29.5 Å². The summed E-state index contributed by atoms with van der Waals surface area (Å²) in [5, 5.41) is 7.27. The van der Waals surface area contributed by atoms with Gasteiger partial charge in [0.2, 0.25) is 5.91 Å². The maximum atomic E-state index is 13.0. The number of ether oxygens (including phenoxy) is 1. The molecule has 7 heteroatoms. The number of thiazole rings is 1. The van der Waals surface area contributed by atoms with Gasteiger partial charge in [-0.1, -0.05) is 53.3 Å². The van der Waals surface area contributed by atoms with Crippen LogP contribution in [-0.4, -0.2) is 54.7 Å². The summed E-state index contributed by atoms with van der Waals surface area (Å²) in [7, 11) is 0. The molecule has 6 nitrogen and oxygen atoms in total. The fraction of sp³-hybridized carbons (Fsp3) is 0.391. The molecule has 1 aliphatic heterocycles. The zero-order valence-corrected chi connectivity index (χ0v) is 18.2. The Morgan fingerprint density at radius 2 is 1.90 bits per heavy atom. The fourth-order valence-corrected chi connectivity index (χ4v) is 4.51. The summed E-state index contributed by atoms with van der Waals surface area (Å²) in [6.45, 7) is 7.97. The molecule has 2 aromatic carbocycles. The molecule has 1 aliphatic rings. The second kappa shape index (κ2) is 9.55. The quantitative estimate of drug-likeness (QED) is 0.607. The minimum Gasteiger partial charge on any atom is -0.379 e. The van der Waals surface area contributed by atoms with Crippen LogP contribution in [-0.2, 0) is 9.53 Å². The first-order valence-electron chi connectivity index (χ1n) is 10.4. The molecule has 0 bridgehead atoms. The van der Waals surface area contributed by atoms with Crippen LogP contribution in [0.25, 0.3) is 10.2 Å². The average molecular weight is 425 g/mol. The molecule has 30 heavy (non-hydrogen) atoms. The van der Waals surface area contributed by atoms with Crippen LogP contribution in [0, 0.1) is 6.92 Å². The molecule has 0 aliphatic carbocycles. The summed E-state index contributed by atoms with van der Waals surface area (Å²) >= 11 is 1.56. The van der Waals surface area contributed by atoms with E-state index in [9.17, 15) is 4.79 Å². The highest BCUT2D eigenvalue weighted by atomic mass is 32.1. The summed E-state index contributed by atoms with van der Waals surface area (Å²) in [5.41, 5.74) is 3.27. The number of hydrogen-bond donors (Lipinski definition) is 2. The van der Waals surface area contributed by atoms with Crippen molar-refractivity contribution in [1.82, 2.24) is 15.2 Å². The van der Waals surface area contributed by atoms with Gasteiger partial charge in [-0.3, -0.25) is 9.69 Å². The number of nitrogens with zero attached hydrogens (tertiary/aromatic N) is 2. The van der Waals surface area contributed by atoms with E-state index in [1.54, 1.807) is 11.3 Å². The van der Waals surface area contributed by atoms with E-state index in [1.807, 2.05) is 31.2 Å². The van der Waals surface area contributed by atoms with Gasteiger partial charge in [0.25, 0.3) is 0 Å². The Bertz CT molecular complexity index is 949. The highest BCUT2D eigenvalue weighted by Crippen LogP contribution is 2.26. The molecule has 2 heterocycles. The van der Waals surface area contributed by atoms with E-state index in [4.69, 9.17) is 4.74 Å². The van der Waals surface area contributed by atoms with Crippen LogP contribution < -0.4 is 10.6 Å². The lowest BCUT2D eigenvalue weighted by atomic mass is 10.0. The zero-order valence-electron chi connectivity index (χ0n) is 17.4. The largest absolute Gasteiger partial charge is 0.379 e. The number of morpholine rings is 1. The molecule has 0 radical (unpaired) electrons. The van der Waals surface area contributed by atoms with Crippen LogP contribution in [0.4, 0.5) is 5.13 Å². The third-order valence-corrected chi connectivity index (χ3v) is 6.34. The highest BCUT2D eigenvalue weighted by molar-refractivity contribution is 7.22. The molecule has 158 valence electrons. The number of aromatic nitrogens is 1. The molecule has 0 spiro atoms. The minimum atomic E-state index is -0.386. The number of fused-ring (bicyclic) bond motifs is 1. The molecule has 3 aromatic rings. The molecule has 0 saturated carbocycles. The zero-order chi connectivity index (χ0) is 20.9. The third kappa shape index (κ3) is 5.16. The average Bonchev–Trinajstić information content (AvgIpc) is 3.17. The number of carbonyl (C=O) groups excluding carboxylic acids is 1. The summed E-state index contributed by atoms with van der Waals surface area (Å²) in [5.74, 6) is -0.0342. The van der Waals surface area contributed by atoms with Crippen molar-refractivity contribution in [3.8, 4) is 0 Å². The highest BCUT2D eigenvalue weighted by Gasteiger charge is 2.23. The van der Waals surface area contributed by atoms with Crippen LogP contribution in [0.1, 0.15) is 24.1 Å². The van der Waals surface area contributed by atoms with Crippen LogP contribution in [0.2, 0.25) is 0 Å². The van der Waals surface area contributed by atoms with Gasteiger partial charge in [-0.25, -0.2) is 4.98 Å². The van der Waals surface area contributed by atoms with Gasteiger partial charge in [0.1, 0.15) is 6.04 Å². The molecule has 2 unspecified atom stereocenters. The van der Waals surface area contributed by atoms with E-state index in [0.717, 1.165) is 53.8 Å². The fourth-order valence-electron chi connectivity index (χ4n) is 3.56. The molecule has 1 fully saturated rings. The predicted molar refractivity (Wildman–Crippen MR) is 122 cm³/mol. The van der Waals surface area contributed by atoms with Crippen molar-refractivity contribution in [2.75, 3.05) is 38.2 Å².